The van der Waals surface area contributed by atoms with Gasteiger partial charge in [-0.3, -0.25) is 0 Å². The maximum atomic E-state index is 6.85. The number of benzene rings is 8. The second kappa shape index (κ2) is 12.0. The molecular weight excluding hydrogens is 657 g/mol. The van der Waals surface area contributed by atoms with Crippen molar-refractivity contribution in [1.29, 1.82) is 0 Å². The average Bonchev–Trinajstić information content (AvgIpc) is 3.54. The lowest BCUT2D eigenvalue weighted by Crippen LogP contribution is -2.32. The van der Waals surface area contributed by atoms with E-state index in [0.29, 0.717) is 5.82 Å². The van der Waals surface area contributed by atoms with E-state index in [1.807, 2.05) is 36.4 Å². The molecule has 0 amide bonds. The van der Waals surface area contributed by atoms with Crippen LogP contribution in [-0.4, -0.2) is 9.97 Å². The molecule has 2 heterocycles. The highest BCUT2D eigenvalue weighted by Gasteiger charge is 2.51. The van der Waals surface area contributed by atoms with Gasteiger partial charge in [-0.05, 0) is 74.5 Å². The number of aromatic nitrogens is 2. The maximum Gasteiger partial charge on any atom is 0.160 e. The molecule has 0 saturated carbocycles. The van der Waals surface area contributed by atoms with Crippen LogP contribution in [0.25, 0.3) is 66.9 Å². The molecule has 1 aromatic heterocycles. The van der Waals surface area contributed by atoms with Gasteiger partial charge < -0.3 is 4.74 Å². The fourth-order valence-electron chi connectivity index (χ4n) is 8.67. The van der Waals surface area contributed by atoms with Gasteiger partial charge in [0.15, 0.2) is 5.82 Å². The first-order valence-corrected chi connectivity index (χ1v) is 18.4. The molecule has 0 atom stereocenters. The Labute approximate surface area is 313 Å². The number of fused-ring (bicyclic) bond motifs is 10. The van der Waals surface area contributed by atoms with Crippen LogP contribution < -0.4 is 4.74 Å². The molecular formula is C51H32N2O. The van der Waals surface area contributed by atoms with Crippen LogP contribution >= 0.6 is 0 Å². The summed E-state index contributed by atoms with van der Waals surface area (Å²) >= 11 is 0. The molecule has 1 spiro atoms. The van der Waals surface area contributed by atoms with E-state index in [0.717, 1.165) is 56.3 Å². The van der Waals surface area contributed by atoms with Crippen molar-refractivity contribution in [2.45, 2.75) is 5.41 Å². The van der Waals surface area contributed by atoms with Crippen molar-refractivity contribution in [3.63, 3.8) is 0 Å². The quantitative estimate of drug-likeness (QED) is 0.185. The number of rotatable bonds is 4. The largest absolute Gasteiger partial charge is 0.457 e. The van der Waals surface area contributed by atoms with Crippen molar-refractivity contribution in [2.24, 2.45) is 0 Å². The Morgan fingerprint density at radius 3 is 1.46 bits per heavy atom. The lowest BCUT2D eigenvalue weighted by atomic mass is 9.65. The van der Waals surface area contributed by atoms with Gasteiger partial charge in [-0.2, -0.15) is 0 Å². The third-order valence-corrected chi connectivity index (χ3v) is 11.1. The highest BCUT2D eigenvalue weighted by atomic mass is 16.5. The zero-order valence-electron chi connectivity index (χ0n) is 29.3. The van der Waals surface area contributed by atoms with Crippen LogP contribution in [0.1, 0.15) is 22.3 Å². The molecule has 0 fully saturated rings. The minimum absolute atomic E-state index is 0.546. The van der Waals surface area contributed by atoms with Gasteiger partial charge in [-0.15, -0.1) is 0 Å². The third kappa shape index (κ3) is 4.62. The molecule has 0 bridgehead atoms. The van der Waals surface area contributed by atoms with Crippen LogP contribution in [0, 0.1) is 0 Å². The van der Waals surface area contributed by atoms with E-state index in [2.05, 4.69) is 158 Å². The van der Waals surface area contributed by atoms with Crippen LogP contribution in [0.4, 0.5) is 0 Å². The topological polar surface area (TPSA) is 35.0 Å². The molecule has 11 rings (SSSR count). The van der Waals surface area contributed by atoms with Crippen molar-refractivity contribution in [3.8, 4) is 67.7 Å². The van der Waals surface area contributed by atoms with Gasteiger partial charge >= 0.3 is 0 Å². The minimum Gasteiger partial charge on any atom is -0.457 e. The van der Waals surface area contributed by atoms with E-state index in [4.69, 9.17) is 14.7 Å². The van der Waals surface area contributed by atoms with E-state index in [1.54, 1.807) is 0 Å². The molecule has 9 aromatic rings. The fourth-order valence-corrected chi connectivity index (χ4v) is 8.67. The van der Waals surface area contributed by atoms with Crippen molar-refractivity contribution in [2.75, 3.05) is 0 Å². The second-order valence-electron chi connectivity index (χ2n) is 14.1. The van der Waals surface area contributed by atoms with Gasteiger partial charge in [-0.25, -0.2) is 9.97 Å². The Morgan fingerprint density at radius 2 is 0.833 bits per heavy atom. The van der Waals surface area contributed by atoms with Crippen LogP contribution in [0.5, 0.6) is 11.5 Å². The maximum absolute atomic E-state index is 6.85. The molecule has 8 aromatic carbocycles. The highest BCUT2D eigenvalue weighted by molar-refractivity contribution is 5.93. The smallest absolute Gasteiger partial charge is 0.160 e. The summed E-state index contributed by atoms with van der Waals surface area (Å²) in [7, 11) is 0. The standard InChI is InChI=1S/C51H32N2O/c1-3-13-34(14-4-1)46-32-47(35-15-5-2-6-16-35)53-50(52-46)36-25-23-33(24-26-36)39-27-28-48-44(30-39)51(45-29-37-17-7-8-18-38(37)31-49(45)54-48)42-21-11-9-19-40(42)41-20-10-12-22-43(41)51/h1-32H. The van der Waals surface area contributed by atoms with E-state index in [1.165, 1.54) is 38.6 Å². The van der Waals surface area contributed by atoms with Crippen LogP contribution in [0.2, 0.25) is 0 Å². The number of hydrogen-bond acceptors (Lipinski definition) is 3. The SMILES string of the molecule is c1ccc(-c2cc(-c3ccccc3)nc(-c3ccc(-c4ccc5c(c4)C4(c6cc7ccccc7cc6O5)c5ccccc5-c5ccccc54)cc3)n2)cc1. The first-order chi connectivity index (χ1) is 26.7. The minimum atomic E-state index is -0.546. The molecule has 0 unspecified atom stereocenters. The van der Waals surface area contributed by atoms with Crippen molar-refractivity contribution in [1.82, 2.24) is 9.97 Å². The van der Waals surface area contributed by atoms with Gasteiger partial charge in [0.25, 0.3) is 0 Å². The molecule has 0 N–H and O–H groups in total. The van der Waals surface area contributed by atoms with Crippen LogP contribution in [0.15, 0.2) is 194 Å². The number of ether oxygens (including phenoxy) is 1. The van der Waals surface area contributed by atoms with Crippen molar-refractivity contribution >= 4 is 10.8 Å². The predicted molar refractivity (Wildman–Crippen MR) is 219 cm³/mol. The summed E-state index contributed by atoms with van der Waals surface area (Å²) in [4.78, 5) is 10.1. The number of hydrogen-bond donors (Lipinski definition) is 0. The Hall–Kier alpha value is -7.10. The molecule has 54 heavy (non-hydrogen) atoms. The van der Waals surface area contributed by atoms with E-state index in [9.17, 15) is 0 Å². The van der Waals surface area contributed by atoms with Crippen molar-refractivity contribution < 1.29 is 4.74 Å². The summed E-state index contributed by atoms with van der Waals surface area (Å²) < 4.78 is 6.85. The van der Waals surface area contributed by atoms with E-state index >= 15 is 0 Å². The molecule has 1 aliphatic heterocycles. The summed E-state index contributed by atoms with van der Waals surface area (Å²) in [6.45, 7) is 0. The molecule has 0 saturated heterocycles. The van der Waals surface area contributed by atoms with Crippen molar-refractivity contribution in [3.05, 3.63) is 216 Å². The molecule has 3 heteroatoms. The van der Waals surface area contributed by atoms with E-state index in [-0.39, 0.29) is 0 Å². The second-order valence-corrected chi connectivity index (χ2v) is 14.1. The van der Waals surface area contributed by atoms with Gasteiger partial charge in [-0.1, -0.05) is 164 Å². The van der Waals surface area contributed by atoms with Gasteiger partial charge in [0.2, 0.25) is 0 Å². The summed E-state index contributed by atoms with van der Waals surface area (Å²) in [5.41, 5.74) is 14.0. The Kier molecular flexibility index (Phi) is 6.77. The number of nitrogens with zero attached hydrogens (tertiary/aromatic N) is 2. The fraction of sp³-hybridized carbons (Fsp3) is 0.0196. The first-order valence-electron chi connectivity index (χ1n) is 18.4. The lowest BCUT2D eigenvalue weighted by molar-refractivity contribution is 0.437. The Morgan fingerprint density at radius 1 is 0.333 bits per heavy atom. The van der Waals surface area contributed by atoms with Crippen LogP contribution in [0.3, 0.4) is 0 Å². The summed E-state index contributed by atoms with van der Waals surface area (Å²) in [5.74, 6) is 2.48. The van der Waals surface area contributed by atoms with Gasteiger partial charge in [0.1, 0.15) is 11.5 Å². The molecule has 2 aliphatic rings. The Balaban J connectivity index is 1.07. The van der Waals surface area contributed by atoms with Crippen LogP contribution in [-0.2, 0) is 5.41 Å². The monoisotopic (exact) mass is 688 g/mol. The summed E-state index contributed by atoms with van der Waals surface area (Å²) in [5, 5.41) is 2.37. The normalized spacial score (nSPS) is 13.1. The predicted octanol–water partition coefficient (Wildman–Crippen LogP) is 12.8. The zero-order chi connectivity index (χ0) is 35.6. The first kappa shape index (κ1) is 30.5. The lowest BCUT2D eigenvalue weighted by Gasteiger charge is -2.40. The molecule has 3 nitrogen and oxygen atoms in total. The zero-order valence-corrected chi connectivity index (χ0v) is 29.3. The van der Waals surface area contributed by atoms with Gasteiger partial charge in [0, 0.05) is 27.8 Å². The molecule has 0 radical (unpaired) electrons. The molecule has 252 valence electrons. The molecule has 1 aliphatic carbocycles. The highest BCUT2D eigenvalue weighted by Crippen LogP contribution is 2.62. The average molecular weight is 689 g/mol. The van der Waals surface area contributed by atoms with E-state index < -0.39 is 5.41 Å². The van der Waals surface area contributed by atoms with Gasteiger partial charge in [0.05, 0.1) is 16.8 Å². The Bertz CT molecular complexity index is 2790. The summed E-state index contributed by atoms with van der Waals surface area (Å²) in [6, 6.07) is 68.9. The third-order valence-electron chi connectivity index (χ3n) is 11.1. The summed E-state index contributed by atoms with van der Waals surface area (Å²) in [6.07, 6.45) is 0.